The number of rotatable bonds is 4. The van der Waals surface area contributed by atoms with E-state index in [1.807, 2.05) is 30.3 Å². The number of sulfone groups is 1. The molecule has 9 heteroatoms. The van der Waals surface area contributed by atoms with E-state index >= 15 is 0 Å². The third-order valence-corrected chi connectivity index (χ3v) is 6.79. The predicted octanol–water partition coefficient (Wildman–Crippen LogP) is 3.29. The van der Waals surface area contributed by atoms with Gasteiger partial charge in [-0.15, -0.1) is 0 Å². The fraction of sp³-hybridized carbons (Fsp3) is 0.300. The highest BCUT2D eigenvalue weighted by Gasteiger charge is 2.22. The third kappa shape index (κ3) is 4.36. The molecule has 2 aromatic carbocycles. The van der Waals surface area contributed by atoms with Crippen LogP contribution in [-0.2, 0) is 9.84 Å². The number of nitrogens with one attached hydrogen (secondary N) is 1. The molecule has 4 rings (SSSR count). The van der Waals surface area contributed by atoms with Crippen LogP contribution in [0.5, 0.6) is 0 Å². The number of likely N-dealkylation sites (N-methyl/N-ethyl adjacent to an activating group) is 1. The molecule has 29 heavy (non-hydrogen) atoms. The summed E-state index contributed by atoms with van der Waals surface area (Å²) in [5, 5.41) is 4.06. The molecule has 1 aliphatic rings. The van der Waals surface area contributed by atoms with E-state index in [0.29, 0.717) is 16.5 Å². The number of piperazine rings is 1. The number of aromatic nitrogens is 2. The van der Waals surface area contributed by atoms with Gasteiger partial charge in [-0.05, 0) is 47.2 Å². The van der Waals surface area contributed by atoms with Crippen molar-refractivity contribution >= 4 is 54.0 Å². The summed E-state index contributed by atoms with van der Waals surface area (Å²) >= 11 is 3.51. The topological polar surface area (TPSA) is 78.4 Å². The van der Waals surface area contributed by atoms with Crippen molar-refractivity contribution in [1.29, 1.82) is 0 Å². The molecule has 1 aliphatic heterocycles. The minimum Gasteiger partial charge on any atom is -0.368 e. The Hall–Kier alpha value is -2.23. The molecule has 1 fully saturated rings. The molecule has 1 N–H and O–H groups in total. The minimum absolute atomic E-state index is 0.314. The molecule has 0 atom stereocenters. The van der Waals surface area contributed by atoms with Crippen LogP contribution < -0.4 is 10.2 Å². The van der Waals surface area contributed by atoms with Gasteiger partial charge in [-0.2, -0.15) is 0 Å². The SMILES string of the molecule is CN1CCN(c2ccc(Nc3ncc4cccc(Br)c4n3)cc2S(C)(=O)=O)CC1. The minimum atomic E-state index is -3.40. The van der Waals surface area contributed by atoms with Gasteiger partial charge in [-0.3, -0.25) is 0 Å². The molecule has 7 nitrogen and oxygen atoms in total. The maximum atomic E-state index is 12.5. The Bertz CT molecular complexity index is 1160. The third-order valence-electron chi connectivity index (χ3n) is 5.02. The summed E-state index contributed by atoms with van der Waals surface area (Å²) in [6.45, 7) is 3.41. The predicted molar refractivity (Wildman–Crippen MR) is 120 cm³/mol. The standard InChI is InChI=1S/C20H22BrN5O2S/c1-25-8-10-26(11-9-25)17-7-6-15(12-18(17)29(2,27)28)23-20-22-13-14-4-3-5-16(21)19(14)24-20/h3-7,12-13H,8-11H2,1-2H3,(H,22,23,24). The second kappa shape index (κ2) is 7.89. The van der Waals surface area contributed by atoms with Crippen LogP contribution in [0, 0.1) is 0 Å². The van der Waals surface area contributed by atoms with E-state index in [1.54, 1.807) is 12.3 Å². The van der Waals surface area contributed by atoms with Crippen LogP contribution in [0.2, 0.25) is 0 Å². The number of para-hydroxylation sites is 1. The molecule has 0 saturated carbocycles. The van der Waals surface area contributed by atoms with Gasteiger partial charge in [0.05, 0.1) is 16.1 Å². The average molecular weight is 476 g/mol. The Morgan fingerprint density at radius 1 is 1.10 bits per heavy atom. The van der Waals surface area contributed by atoms with Gasteiger partial charge in [-0.25, -0.2) is 18.4 Å². The Kier molecular flexibility index (Phi) is 5.46. The molecule has 1 saturated heterocycles. The summed E-state index contributed by atoms with van der Waals surface area (Å²) in [6.07, 6.45) is 2.99. The van der Waals surface area contributed by atoms with Gasteiger partial charge in [-0.1, -0.05) is 12.1 Å². The normalized spacial score (nSPS) is 15.6. The maximum Gasteiger partial charge on any atom is 0.227 e. The van der Waals surface area contributed by atoms with Gasteiger partial charge in [0.15, 0.2) is 9.84 Å². The van der Waals surface area contributed by atoms with Crippen LogP contribution in [0.25, 0.3) is 10.9 Å². The molecule has 0 spiro atoms. The van der Waals surface area contributed by atoms with E-state index in [0.717, 1.165) is 47.2 Å². The first kappa shape index (κ1) is 20.1. The first-order valence-corrected chi connectivity index (χ1v) is 12.0. The summed E-state index contributed by atoms with van der Waals surface area (Å²) in [5.41, 5.74) is 2.17. The number of halogens is 1. The average Bonchev–Trinajstić information content (AvgIpc) is 2.69. The fourth-order valence-electron chi connectivity index (χ4n) is 3.41. The quantitative estimate of drug-likeness (QED) is 0.619. The van der Waals surface area contributed by atoms with Gasteiger partial charge < -0.3 is 15.1 Å². The van der Waals surface area contributed by atoms with Crippen LogP contribution in [0.4, 0.5) is 17.3 Å². The number of benzene rings is 2. The number of fused-ring (bicyclic) bond motifs is 1. The molecule has 0 bridgehead atoms. The van der Waals surface area contributed by atoms with E-state index in [9.17, 15) is 8.42 Å². The van der Waals surface area contributed by atoms with Crippen molar-refractivity contribution in [3.8, 4) is 0 Å². The van der Waals surface area contributed by atoms with Gasteiger partial charge in [0.1, 0.15) is 0 Å². The second-order valence-corrected chi connectivity index (χ2v) is 10.1. The van der Waals surface area contributed by atoms with E-state index in [4.69, 9.17) is 0 Å². The van der Waals surface area contributed by atoms with Crippen molar-refractivity contribution in [3.05, 3.63) is 47.1 Å². The molecule has 0 radical (unpaired) electrons. The van der Waals surface area contributed by atoms with Crippen molar-refractivity contribution < 1.29 is 8.42 Å². The van der Waals surface area contributed by atoms with Gasteiger partial charge in [0.2, 0.25) is 5.95 Å². The first-order chi connectivity index (χ1) is 13.8. The summed E-state index contributed by atoms with van der Waals surface area (Å²) in [5.74, 6) is 0.413. The summed E-state index contributed by atoms with van der Waals surface area (Å²) in [6, 6.07) is 11.2. The number of hydrogen-bond donors (Lipinski definition) is 1. The van der Waals surface area contributed by atoms with Crippen LogP contribution in [0.15, 0.2) is 52.0 Å². The maximum absolute atomic E-state index is 12.5. The lowest BCUT2D eigenvalue weighted by Gasteiger charge is -2.35. The van der Waals surface area contributed by atoms with Crippen molar-refractivity contribution in [1.82, 2.24) is 14.9 Å². The zero-order valence-corrected chi connectivity index (χ0v) is 18.7. The monoisotopic (exact) mass is 475 g/mol. The van der Waals surface area contributed by atoms with Gasteiger partial charge in [0.25, 0.3) is 0 Å². The lowest BCUT2D eigenvalue weighted by atomic mass is 10.2. The van der Waals surface area contributed by atoms with Crippen LogP contribution in [0.1, 0.15) is 0 Å². The van der Waals surface area contributed by atoms with E-state index in [-0.39, 0.29) is 0 Å². The summed E-state index contributed by atoms with van der Waals surface area (Å²) in [7, 11) is -1.32. The molecule has 0 amide bonds. The molecule has 3 aromatic rings. The summed E-state index contributed by atoms with van der Waals surface area (Å²) < 4.78 is 25.8. The second-order valence-electron chi connectivity index (χ2n) is 7.24. The highest BCUT2D eigenvalue weighted by atomic mass is 79.9. The molecular weight excluding hydrogens is 454 g/mol. The van der Waals surface area contributed by atoms with E-state index < -0.39 is 9.84 Å². The van der Waals surface area contributed by atoms with Crippen molar-refractivity contribution in [2.45, 2.75) is 4.90 Å². The van der Waals surface area contributed by atoms with E-state index in [1.165, 1.54) is 6.26 Å². The Morgan fingerprint density at radius 3 is 2.59 bits per heavy atom. The lowest BCUT2D eigenvalue weighted by Crippen LogP contribution is -2.44. The number of nitrogens with zero attached hydrogens (tertiary/aromatic N) is 4. The first-order valence-electron chi connectivity index (χ1n) is 9.27. The molecule has 1 aromatic heterocycles. The fourth-order valence-corrected chi connectivity index (χ4v) is 4.79. The van der Waals surface area contributed by atoms with Gasteiger partial charge >= 0.3 is 0 Å². The zero-order chi connectivity index (χ0) is 20.6. The van der Waals surface area contributed by atoms with Crippen molar-refractivity contribution in [2.75, 3.05) is 49.7 Å². The van der Waals surface area contributed by atoms with Crippen LogP contribution in [-0.4, -0.2) is 62.8 Å². The molecule has 2 heterocycles. The zero-order valence-electron chi connectivity index (χ0n) is 16.3. The largest absolute Gasteiger partial charge is 0.368 e. The number of hydrogen-bond acceptors (Lipinski definition) is 7. The van der Waals surface area contributed by atoms with Crippen LogP contribution >= 0.6 is 15.9 Å². The lowest BCUT2D eigenvalue weighted by molar-refractivity contribution is 0.312. The highest BCUT2D eigenvalue weighted by Crippen LogP contribution is 2.30. The Morgan fingerprint density at radius 2 is 1.86 bits per heavy atom. The van der Waals surface area contributed by atoms with Crippen LogP contribution in [0.3, 0.4) is 0 Å². The molecule has 152 valence electrons. The highest BCUT2D eigenvalue weighted by molar-refractivity contribution is 9.10. The Balaban J connectivity index is 1.67. The van der Waals surface area contributed by atoms with Gasteiger partial charge in [0, 0.05) is 54.2 Å². The Labute approximate surface area is 178 Å². The molecule has 0 aliphatic carbocycles. The smallest absolute Gasteiger partial charge is 0.227 e. The summed E-state index contributed by atoms with van der Waals surface area (Å²) in [4.78, 5) is 13.6. The molecular formula is C20H22BrN5O2S. The van der Waals surface area contributed by atoms with Crippen molar-refractivity contribution in [2.24, 2.45) is 0 Å². The number of anilines is 3. The molecule has 0 unspecified atom stereocenters. The van der Waals surface area contributed by atoms with E-state index in [2.05, 4.69) is 48.1 Å². The van der Waals surface area contributed by atoms with Crippen molar-refractivity contribution in [3.63, 3.8) is 0 Å².